The molecular formula is C39H46FN13O4S. The van der Waals surface area contributed by atoms with Crippen LogP contribution in [0.25, 0.3) is 22.3 Å². The van der Waals surface area contributed by atoms with E-state index in [0.717, 1.165) is 72.9 Å². The molecule has 1 aromatic carbocycles. The lowest BCUT2D eigenvalue weighted by molar-refractivity contribution is -0.120. The minimum absolute atomic E-state index is 0.115. The molecule has 1 saturated carbocycles. The summed E-state index contributed by atoms with van der Waals surface area (Å²) >= 11 is 0. The summed E-state index contributed by atoms with van der Waals surface area (Å²) in [4.78, 5) is 46.0. The Kier molecular flexibility index (Phi) is 10.0. The van der Waals surface area contributed by atoms with Gasteiger partial charge in [0, 0.05) is 101 Å². The van der Waals surface area contributed by atoms with Crippen molar-refractivity contribution in [2.24, 2.45) is 0 Å². The fraction of sp³-hybridized carbons (Fsp3) is 0.462. The Morgan fingerprint density at radius 3 is 2.45 bits per heavy atom. The molecule has 4 aliphatic rings. The van der Waals surface area contributed by atoms with Gasteiger partial charge < -0.3 is 10.2 Å². The molecule has 4 fully saturated rings. The highest BCUT2D eigenvalue weighted by Gasteiger charge is 2.38. The number of halogens is 1. The normalized spacial score (nSPS) is 19.0. The number of anilines is 4. The number of fused-ring (bicyclic) bond motifs is 1. The number of amides is 3. The van der Waals surface area contributed by atoms with E-state index in [1.165, 1.54) is 23.4 Å². The number of piperidine rings is 1. The maximum absolute atomic E-state index is 15.2. The molecule has 304 valence electrons. The van der Waals surface area contributed by atoms with Gasteiger partial charge in [-0.3, -0.25) is 29.5 Å². The summed E-state index contributed by atoms with van der Waals surface area (Å²) < 4.78 is 43.5. The minimum atomic E-state index is -3.49. The zero-order valence-electron chi connectivity index (χ0n) is 32.5. The van der Waals surface area contributed by atoms with Gasteiger partial charge in [-0.05, 0) is 57.7 Å². The van der Waals surface area contributed by atoms with Crippen molar-refractivity contribution in [3.63, 3.8) is 0 Å². The number of carbonyl (C=O) groups is 2. The lowest BCUT2D eigenvalue weighted by atomic mass is 10.0. The maximum atomic E-state index is 15.2. The Bertz CT molecular complexity index is 2470. The zero-order valence-corrected chi connectivity index (χ0v) is 33.3. The van der Waals surface area contributed by atoms with Crippen molar-refractivity contribution in [2.75, 3.05) is 60.9 Å². The first-order valence-electron chi connectivity index (χ1n) is 19.9. The average molecular weight is 812 g/mol. The molecule has 0 spiro atoms. The molecule has 3 aliphatic heterocycles. The quantitative estimate of drug-likeness (QED) is 0.195. The lowest BCUT2D eigenvalue weighted by Gasteiger charge is -2.43. The van der Waals surface area contributed by atoms with Crippen molar-refractivity contribution in [2.45, 2.75) is 69.8 Å². The van der Waals surface area contributed by atoms with E-state index in [2.05, 4.69) is 54.2 Å². The van der Waals surface area contributed by atoms with Gasteiger partial charge in [0.15, 0.2) is 11.6 Å². The van der Waals surface area contributed by atoms with E-state index in [9.17, 15) is 18.0 Å². The van der Waals surface area contributed by atoms with Gasteiger partial charge >= 0.3 is 6.03 Å². The van der Waals surface area contributed by atoms with Crippen LogP contribution in [0, 0.1) is 5.82 Å². The van der Waals surface area contributed by atoms with E-state index in [0.29, 0.717) is 59.7 Å². The van der Waals surface area contributed by atoms with Gasteiger partial charge in [-0.15, -0.1) is 0 Å². The summed E-state index contributed by atoms with van der Waals surface area (Å²) in [5, 5.41) is 15.3. The molecule has 3 amide bonds. The summed E-state index contributed by atoms with van der Waals surface area (Å²) in [5.41, 5.74) is 2.51. The molecule has 0 radical (unpaired) electrons. The topological polar surface area (TPSA) is 180 Å². The number of nitrogens with zero attached hydrogens (tertiary/aromatic N) is 11. The third kappa shape index (κ3) is 7.60. The van der Waals surface area contributed by atoms with E-state index < -0.39 is 16.1 Å². The third-order valence-corrected chi connectivity index (χ3v) is 13.5. The minimum Gasteiger partial charge on any atom is -0.354 e. The lowest BCUT2D eigenvalue weighted by Crippen LogP contribution is -2.53. The number of carbonyl (C=O) groups excluding carboxylic acids is 2. The summed E-state index contributed by atoms with van der Waals surface area (Å²) in [7, 11) is -3.49. The molecule has 4 aromatic heterocycles. The number of rotatable bonds is 11. The maximum Gasteiger partial charge on any atom is 0.328 e. The van der Waals surface area contributed by atoms with E-state index in [1.807, 2.05) is 16.9 Å². The van der Waals surface area contributed by atoms with E-state index >= 15 is 4.39 Å². The van der Waals surface area contributed by atoms with Crippen LogP contribution in [-0.2, 0) is 21.4 Å². The van der Waals surface area contributed by atoms with Crippen molar-refractivity contribution >= 4 is 56.0 Å². The Balaban J connectivity index is 0.809. The molecule has 17 nitrogen and oxygen atoms in total. The summed E-state index contributed by atoms with van der Waals surface area (Å²) in [5.74, 6) is 1.73. The number of hydrogen-bond donors (Lipinski definition) is 2. The van der Waals surface area contributed by atoms with Gasteiger partial charge in [-0.25, -0.2) is 32.6 Å². The standard InChI is InChI=1S/C39H46FN13O4S/c1-25(2)53-33-20-35(44-34-7-11-41-37(45-34)27-21-43-52(24-27)58(56,57)30-5-6-30)42-22-31(33)38(47-53)50-12-8-28(9-13-50)49-17-15-48(16-18-49)23-26-3-4-29(19-32(26)40)51-14-10-36(54)46-39(51)55/h3-4,7,11,19-22,24-25,28,30H,5-6,8-10,12-18,23H2,1-2H3,(H,46,54,55)(H,41,42,44,45). The van der Waals surface area contributed by atoms with Crippen molar-refractivity contribution in [3.05, 3.63) is 66.5 Å². The second kappa shape index (κ2) is 15.3. The summed E-state index contributed by atoms with van der Waals surface area (Å²) in [6, 6.07) is 8.65. The molecule has 19 heteroatoms. The van der Waals surface area contributed by atoms with Crippen LogP contribution in [0.3, 0.4) is 0 Å². The summed E-state index contributed by atoms with van der Waals surface area (Å²) in [6.07, 6.45) is 9.93. The number of nitrogens with one attached hydrogen (secondary N) is 2. The Labute approximate surface area is 335 Å². The highest BCUT2D eigenvalue weighted by atomic mass is 32.2. The van der Waals surface area contributed by atoms with Gasteiger partial charge in [0.2, 0.25) is 5.91 Å². The van der Waals surface area contributed by atoms with Crippen LogP contribution in [0.4, 0.5) is 32.3 Å². The SMILES string of the molecule is CC(C)n1nc(N2CCC(N3CCN(Cc4ccc(N5CCC(=O)NC5=O)cc4F)CC3)CC2)c2cnc(Nc3ccnc(-c4cnn(S(=O)(=O)C5CC5)c4)n3)cc21. The Morgan fingerprint density at radius 1 is 0.931 bits per heavy atom. The molecule has 7 heterocycles. The van der Waals surface area contributed by atoms with Gasteiger partial charge in [0.05, 0.1) is 34.1 Å². The predicted octanol–water partition coefficient (Wildman–Crippen LogP) is 4.12. The second-order valence-corrected chi connectivity index (χ2v) is 17.8. The summed E-state index contributed by atoms with van der Waals surface area (Å²) in [6.45, 7) is 10.2. The van der Waals surface area contributed by atoms with Gasteiger partial charge in [-0.1, -0.05) is 6.07 Å². The molecule has 0 atom stereocenters. The molecular weight excluding hydrogens is 766 g/mol. The van der Waals surface area contributed by atoms with Crippen molar-refractivity contribution in [3.8, 4) is 11.4 Å². The number of piperazine rings is 1. The van der Waals surface area contributed by atoms with Crippen LogP contribution in [-0.4, -0.2) is 121 Å². The number of benzene rings is 1. The number of imide groups is 1. The molecule has 0 bridgehead atoms. The van der Waals surface area contributed by atoms with Crippen LogP contribution >= 0.6 is 0 Å². The van der Waals surface area contributed by atoms with Crippen molar-refractivity contribution in [1.82, 2.24) is 49.0 Å². The zero-order chi connectivity index (χ0) is 40.1. The largest absolute Gasteiger partial charge is 0.354 e. The fourth-order valence-corrected chi connectivity index (χ4v) is 9.58. The van der Waals surface area contributed by atoms with Gasteiger partial charge in [0.25, 0.3) is 10.0 Å². The first-order valence-corrected chi connectivity index (χ1v) is 21.4. The van der Waals surface area contributed by atoms with Crippen LogP contribution in [0.1, 0.15) is 57.6 Å². The molecule has 1 aliphatic carbocycles. The molecule has 58 heavy (non-hydrogen) atoms. The highest BCUT2D eigenvalue weighted by molar-refractivity contribution is 7.90. The monoisotopic (exact) mass is 811 g/mol. The van der Waals surface area contributed by atoms with E-state index in [1.54, 1.807) is 24.4 Å². The van der Waals surface area contributed by atoms with Crippen LogP contribution in [0.2, 0.25) is 0 Å². The number of urea groups is 1. The molecule has 0 unspecified atom stereocenters. The van der Waals surface area contributed by atoms with Crippen molar-refractivity contribution in [1.29, 1.82) is 0 Å². The molecule has 5 aromatic rings. The van der Waals surface area contributed by atoms with Gasteiger partial charge in [-0.2, -0.15) is 14.3 Å². The first kappa shape index (κ1) is 38.0. The molecule has 2 N–H and O–H groups in total. The average Bonchev–Trinajstić information content (AvgIpc) is 3.84. The smallest absolute Gasteiger partial charge is 0.328 e. The Morgan fingerprint density at radius 2 is 1.72 bits per heavy atom. The number of hydrogen-bond acceptors (Lipinski definition) is 13. The highest BCUT2D eigenvalue weighted by Crippen LogP contribution is 2.34. The first-order chi connectivity index (χ1) is 28.0. The molecule has 3 saturated heterocycles. The fourth-order valence-electron chi connectivity index (χ4n) is 8.10. The third-order valence-electron chi connectivity index (χ3n) is 11.5. The predicted molar refractivity (Wildman–Crippen MR) is 216 cm³/mol. The van der Waals surface area contributed by atoms with Crippen molar-refractivity contribution < 1.29 is 22.4 Å². The van der Waals surface area contributed by atoms with E-state index in [-0.39, 0.29) is 36.0 Å². The number of aromatic nitrogens is 7. The Hall–Kier alpha value is -5.53. The van der Waals surface area contributed by atoms with Crippen LogP contribution in [0.15, 0.2) is 55.1 Å². The van der Waals surface area contributed by atoms with Gasteiger partial charge in [0.1, 0.15) is 17.5 Å². The van der Waals surface area contributed by atoms with E-state index in [4.69, 9.17) is 10.1 Å². The number of pyridine rings is 1. The van der Waals surface area contributed by atoms with Crippen LogP contribution in [0.5, 0.6) is 0 Å². The second-order valence-electron chi connectivity index (χ2n) is 15.7. The molecule has 9 rings (SSSR count). The van der Waals surface area contributed by atoms with Crippen LogP contribution < -0.4 is 20.4 Å².